The number of carbonyl (C=O) groups excluding carboxylic acids is 1. The molecular weight excluding hydrogens is 821 g/mol. The van der Waals surface area contributed by atoms with Gasteiger partial charge in [0, 0.05) is 49.3 Å². The van der Waals surface area contributed by atoms with Crippen LogP contribution in [0.4, 0.5) is 10.6 Å². The van der Waals surface area contributed by atoms with Crippen LogP contribution >= 0.6 is 0 Å². The lowest BCUT2D eigenvalue weighted by atomic mass is 9.77. The summed E-state index contributed by atoms with van der Waals surface area (Å²) in [4.78, 5) is 21.7. The van der Waals surface area contributed by atoms with Crippen molar-refractivity contribution >= 4 is 28.6 Å². The molecule has 11 nitrogen and oxygen atoms in total. The molecule has 2 aliphatic rings. The summed E-state index contributed by atoms with van der Waals surface area (Å²) < 4.78 is 17.0. The lowest BCUT2D eigenvalue weighted by Gasteiger charge is -2.36. The highest BCUT2D eigenvalue weighted by atomic mass is 16.6. The zero-order valence-electron chi connectivity index (χ0n) is 37.8. The van der Waals surface area contributed by atoms with Crippen LogP contribution in [0.2, 0.25) is 0 Å². The first-order chi connectivity index (χ1) is 32.2. The first-order valence-corrected chi connectivity index (χ1v) is 22.8. The van der Waals surface area contributed by atoms with E-state index >= 15 is 0 Å². The van der Waals surface area contributed by atoms with Crippen LogP contribution in [0.25, 0.3) is 16.7 Å². The van der Waals surface area contributed by atoms with Crippen LogP contribution in [0.5, 0.6) is 5.75 Å². The minimum atomic E-state index is -0.963. The molecule has 4 heterocycles. The Kier molecular flexibility index (Phi) is 11.4. The van der Waals surface area contributed by atoms with Gasteiger partial charge in [-0.15, -0.1) is 5.10 Å². The molecule has 8 aromatic rings. The van der Waals surface area contributed by atoms with Crippen molar-refractivity contribution in [2.45, 2.75) is 69.9 Å². The second kappa shape index (κ2) is 17.8. The highest BCUT2D eigenvalue weighted by Crippen LogP contribution is 2.43. The van der Waals surface area contributed by atoms with Gasteiger partial charge in [-0.25, -0.2) is 14.5 Å². The van der Waals surface area contributed by atoms with E-state index in [2.05, 4.69) is 127 Å². The zero-order chi connectivity index (χ0) is 45.3. The van der Waals surface area contributed by atoms with Gasteiger partial charge < -0.3 is 19.7 Å². The number of hydrogen-bond acceptors (Lipinski definition) is 8. The second-order valence-corrected chi connectivity index (χ2v) is 18.3. The van der Waals surface area contributed by atoms with Crippen LogP contribution in [-0.2, 0) is 23.2 Å². The first-order valence-electron chi connectivity index (χ1n) is 22.8. The summed E-state index contributed by atoms with van der Waals surface area (Å²) in [7, 11) is 1.87. The Morgan fingerprint density at radius 2 is 1.45 bits per heavy atom. The van der Waals surface area contributed by atoms with E-state index in [-0.39, 0.29) is 30.7 Å². The molecule has 3 aromatic heterocycles. The molecular formula is C55H54N8O3. The van der Waals surface area contributed by atoms with Crippen LogP contribution in [-0.4, -0.2) is 72.1 Å². The number of anilines is 1. The number of nitrogens with zero attached hydrogens (tertiary/aromatic N) is 7. The van der Waals surface area contributed by atoms with Gasteiger partial charge in [-0.05, 0) is 85.2 Å². The predicted octanol–water partition coefficient (Wildman–Crippen LogP) is 10.4. The van der Waals surface area contributed by atoms with Gasteiger partial charge in [-0.3, -0.25) is 4.68 Å². The molecule has 10 rings (SSSR count). The van der Waals surface area contributed by atoms with Gasteiger partial charge in [0.25, 0.3) is 0 Å². The number of aromatic nitrogens is 6. The van der Waals surface area contributed by atoms with Gasteiger partial charge in [0.15, 0.2) is 5.65 Å². The number of rotatable bonds is 8. The maximum atomic E-state index is 14.6. The fourth-order valence-corrected chi connectivity index (χ4v) is 9.89. The number of amides is 1. The maximum absolute atomic E-state index is 14.6. The Morgan fingerprint density at radius 3 is 2.09 bits per heavy atom. The van der Waals surface area contributed by atoms with E-state index in [9.17, 15) is 4.79 Å². The fourth-order valence-electron chi connectivity index (χ4n) is 9.89. The summed E-state index contributed by atoms with van der Waals surface area (Å²) >= 11 is 0. The average molecular weight is 875 g/mol. The number of fused-ring (bicyclic) bond motifs is 7. The van der Waals surface area contributed by atoms with E-state index in [1.54, 1.807) is 0 Å². The van der Waals surface area contributed by atoms with Gasteiger partial charge in [-0.1, -0.05) is 145 Å². The molecule has 5 aromatic carbocycles. The predicted molar refractivity (Wildman–Crippen MR) is 258 cm³/mol. The van der Waals surface area contributed by atoms with Crippen molar-refractivity contribution in [3.8, 4) is 5.75 Å². The summed E-state index contributed by atoms with van der Waals surface area (Å²) in [5.74, 6) is 1.59. The third-order valence-electron chi connectivity index (χ3n) is 12.8. The minimum absolute atomic E-state index is 0.133. The average Bonchev–Trinajstić information content (AvgIpc) is 4.08. The summed E-state index contributed by atoms with van der Waals surface area (Å²) in [5.41, 5.74) is 7.32. The van der Waals surface area contributed by atoms with Gasteiger partial charge in [-0.2, -0.15) is 5.10 Å². The van der Waals surface area contributed by atoms with Crippen LogP contribution in [0, 0.1) is 5.92 Å². The summed E-state index contributed by atoms with van der Waals surface area (Å²) in [6.45, 7) is 6.53. The van der Waals surface area contributed by atoms with Crippen LogP contribution in [0.15, 0.2) is 170 Å². The molecule has 0 unspecified atom stereocenters. The summed E-state index contributed by atoms with van der Waals surface area (Å²) in [5, 5.41) is 18.4. The lowest BCUT2D eigenvalue weighted by molar-refractivity contribution is 0.0184. The molecule has 0 spiro atoms. The topological polar surface area (TPSA) is 112 Å². The maximum Gasteiger partial charge on any atom is 0.410 e. The molecule has 1 N–H and O–H groups in total. The molecule has 1 amide bonds. The molecule has 1 aliphatic heterocycles. The van der Waals surface area contributed by atoms with Gasteiger partial charge >= 0.3 is 6.09 Å². The van der Waals surface area contributed by atoms with E-state index in [4.69, 9.17) is 29.9 Å². The molecule has 0 radical (unpaired) electrons. The quantitative estimate of drug-likeness (QED) is 0.150. The molecule has 0 saturated heterocycles. The Balaban J connectivity index is 1.17. The summed E-state index contributed by atoms with van der Waals surface area (Å²) in [6, 6.07) is 51.9. The monoisotopic (exact) mass is 874 g/mol. The Hall–Kier alpha value is -7.53. The third-order valence-corrected chi connectivity index (χ3v) is 12.8. The highest BCUT2D eigenvalue weighted by molar-refractivity contribution is 5.94. The van der Waals surface area contributed by atoms with Crippen LogP contribution < -0.4 is 10.1 Å². The standard InChI is InChI=1S/C55H54N8O3/c1-54(2,3)66-53(64)62-29-28-47(41-35-57-61(37-41)36-39-20-17-27-46(31-39)65-49-33-45(62)32-40(49)30-38-18-9-5-10-19-38)48-34-50(56-4)58-52-51(48)59-60-63(52)55(42-21-11-6-12-22-42,43-23-13-7-14-24-43)44-25-15-8-16-26-44/h5-28,31,34-35,37,40,45,49H,29-30,32-33,36H2,1-4H3,(H,56,58)/b47-28+/t40-,45-,49+/m0/s1. The van der Waals surface area contributed by atoms with Crippen molar-refractivity contribution in [3.05, 3.63) is 209 Å². The van der Waals surface area contributed by atoms with E-state index in [0.717, 1.165) is 57.5 Å². The minimum Gasteiger partial charge on any atom is -0.490 e. The SMILES string of the molecule is CNc1cc(/C2=C/CN(C(=O)OC(C)(C)C)[C@H]3C[C@H](Cc4ccccc4)[C@@H](C3)Oc3cccc(c3)Cn3cc2cn3)c2nnn(C(c3ccccc3)(c3ccccc3)c3ccccc3)c2n1. The molecule has 332 valence electrons. The van der Waals surface area contributed by atoms with Crippen molar-refractivity contribution in [2.24, 2.45) is 5.92 Å². The Labute approximate surface area is 385 Å². The lowest BCUT2D eigenvalue weighted by Crippen LogP contribution is -2.43. The van der Waals surface area contributed by atoms with Crippen LogP contribution in [0.3, 0.4) is 0 Å². The number of pyridine rings is 1. The van der Waals surface area contributed by atoms with E-state index in [1.165, 1.54) is 5.56 Å². The van der Waals surface area contributed by atoms with E-state index in [1.807, 2.05) is 90.7 Å². The van der Waals surface area contributed by atoms with Crippen molar-refractivity contribution < 1.29 is 14.3 Å². The van der Waals surface area contributed by atoms with E-state index in [0.29, 0.717) is 29.9 Å². The molecule has 1 fully saturated rings. The fraction of sp³-hybridized carbons (Fsp3) is 0.255. The first kappa shape index (κ1) is 42.4. The van der Waals surface area contributed by atoms with Crippen molar-refractivity contribution in [1.29, 1.82) is 0 Å². The zero-order valence-corrected chi connectivity index (χ0v) is 37.8. The highest BCUT2D eigenvalue weighted by Gasteiger charge is 2.43. The van der Waals surface area contributed by atoms with Gasteiger partial charge in [0.2, 0.25) is 0 Å². The molecule has 1 aliphatic carbocycles. The summed E-state index contributed by atoms with van der Waals surface area (Å²) in [6.07, 6.45) is 7.78. The number of benzene rings is 5. The normalized spacial score (nSPS) is 18.4. The molecule has 3 atom stereocenters. The Morgan fingerprint density at radius 1 is 0.803 bits per heavy atom. The van der Waals surface area contributed by atoms with Crippen molar-refractivity contribution in [1.82, 2.24) is 34.7 Å². The number of nitrogens with one attached hydrogen (secondary N) is 1. The second-order valence-electron chi connectivity index (χ2n) is 18.3. The molecule has 66 heavy (non-hydrogen) atoms. The molecule has 11 heteroatoms. The molecule has 1 saturated carbocycles. The largest absolute Gasteiger partial charge is 0.490 e. The van der Waals surface area contributed by atoms with Crippen molar-refractivity contribution in [3.63, 3.8) is 0 Å². The van der Waals surface area contributed by atoms with E-state index < -0.39 is 11.1 Å². The molecule has 6 bridgehead atoms. The Bertz CT molecular complexity index is 2880. The van der Waals surface area contributed by atoms with Crippen molar-refractivity contribution in [2.75, 3.05) is 18.9 Å². The number of ether oxygens (including phenoxy) is 2. The number of hydrogen-bond donors (Lipinski definition) is 1. The van der Waals surface area contributed by atoms with Gasteiger partial charge in [0.05, 0.1) is 12.7 Å². The smallest absolute Gasteiger partial charge is 0.410 e. The number of carbonyl (C=O) groups is 1. The van der Waals surface area contributed by atoms with Gasteiger partial charge in [0.1, 0.15) is 34.3 Å². The third kappa shape index (κ3) is 8.32. The van der Waals surface area contributed by atoms with Crippen LogP contribution in [0.1, 0.15) is 72.6 Å².